The molecule has 0 radical (unpaired) electrons. The summed E-state index contributed by atoms with van der Waals surface area (Å²) in [5.74, 6) is -1.05. The van der Waals surface area contributed by atoms with E-state index in [2.05, 4.69) is 10.6 Å². The number of nitrogen functional groups attached to an aromatic ring is 1. The van der Waals surface area contributed by atoms with Gasteiger partial charge in [-0.1, -0.05) is 12.1 Å². The molecule has 2 amide bonds. The van der Waals surface area contributed by atoms with E-state index in [0.717, 1.165) is 10.4 Å². The summed E-state index contributed by atoms with van der Waals surface area (Å²) in [6.07, 6.45) is -0.756. The molecule has 150 valence electrons. The molecule has 8 nitrogen and oxygen atoms in total. The molecule has 0 aliphatic rings. The van der Waals surface area contributed by atoms with Gasteiger partial charge in [0.05, 0.1) is 11.4 Å². The zero-order chi connectivity index (χ0) is 21.0. The molecule has 0 bridgehead atoms. The highest BCUT2D eigenvalue weighted by Gasteiger charge is 2.16. The molecular weight excluding hydrogens is 413 g/mol. The van der Waals surface area contributed by atoms with Crippen LogP contribution in [0.3, 0.4) is 0 Å². The first kappa shape index (κ1) is 20.8. The van der Waals surface area contributed by atoms with Crippen LogP contribution in [0.4, 0.5) is 11.4 Å². The van der Waals surface area contributed by atoms with Crippen molar-refractivity contribution in [1.29, 1.82) is 0 Å². The number of hydrogen-bond acceptors (Lipinski definition) is 5. The molecule has 0 saturated carbocycles. The average molecular weight is 431 g/mol. The highest BCUT2D eigenvalue weighted by molar-refractivity contribution is 7.51. The van der Waals surface area contributed by atoms with Crippen LogP contribution in [-0.4, -0.2) is 27.9 Å². The van der Waals surface area contributed by atoms with E-state index in [1.54, 1.807) is 23.5 Å². The van der Waals surface area contributed by atoms with Gasteiger partial charge in [0.2, 0.25) is 0 Å². The van der Waals surface area contributed by atoms with Crippen molar-refractivity contribution in [2.24, 2.45) is 0 Å². The third kappa shape index (κ3) is 5.52. The number of nitrogens with two attached hydrogens (primary N) is 1. The lowest BCUT2D eigenvalue weighted by Crippen LogP contribution is -2.24. The topological polar surface area (TPSA) is 142 Å². The Morgan fingerprint density at radius 1 is 1.00 bits per heavy atom. The molecule has 3 aromatic rings. The van der Waals surface area contributed by atoms with Crippen LogP contribution >= 0.6 is 18.9 Å². The van der Waals surface area contributed by atoms with E-state index in [1.165, 1.54) is 24.3 Å². The van der Waals surface area contributed by atoms with Gasteiger partial charge in [0.1, 0.15) is 6.29 Å². The summed E-state index contributed by atoms with van der Waals surface area (Å²) >= 11 is 1.58. The summed E-state index contributed by atoms with van der Waals surface area (Å²) in [7, 11) is -4.34. The quantitative estimate of drug-likeness (QED) is 0.300. The molecule has 0 spiro atoms. The maximum Gasteiger partial charge on any atom is 0.344 e. The molecular formula is C19H18N3O5PS. The minimum Gasteiger partial charge on any atom is -0.397 e. The third-order valence-corrected chi connectivity index (χ3v) is 5.45. The predicted octanol–water partition coefficient (Wildman–Crippen LogP) is 3.11. The van der Waals surface area contributed by atoms with E-state index in [4.69, 9.17) is 15.5 Å². The van der Waals surface area contributed by atoms with Crippen LogP contribution in [0, 0.1) is 0 Å². The first-order valence-corrected chi connectivity index (χ1v) is 11.1. The number of carbonyl (C=O) groups is 2. The van der Waals surface area contributed by atoms with Gasteiger partial charge in [-0.25, -0.2) is 0 Å². The maximum atomic E-state index is 12.5. The Morgan fingerprint density at radius 3 is 2.24 bits per heavy atom. The van der Waals surface area contributed by atoms with Gasteiger partial charge in [0.15, 0.2) is 0 Å². The number of nitrogens with one attached hydrogen (secondary N) is 2. The summed E-state index contributed by atoms with van der Waals surface area (Å²) in [4.78, 5) is 43.1. The molecule has 0 unspecified atom stereocenters. The summed E-state index contributed by atoms with van der Waals surface area (Å²) in [5, 5.41) is 6.86. The van der Waals surface area contributed by atoms with E-state index >= 15 is 0 Å². The minimum atomic E-state index is -4.34. The molecule has 6 N–H and O–H groups in total. The molecule has 10 heteroatoms. The highest BCUT2D eigenvalue weighted by atomic mass is 32.1. The standard InChI is InChI=1S/C19H18N3O5PS/c20-15-8-7-14(17-2-1-9-29-17)10-16(15)22-19(24)13-5-3-12(4-6-13)18(23)21-11-28(25,26)27/h1-10H,11,20H2,(H,21,23)(H,22,24)(H2,25,26,27). The number of anilines is 2. The Balaban J connectivity index is 1.71. The monoisotopic (exact) mass is 431 g/mol. The van der Waals surface area contributed by atoms with Crippen LogP contribution in [0.25, 0.3) is 10.4 Å². The molecule has 2 aromatic carbocycles. The number of rotatable bonds is 6. The van der Waals surface area contributed by atoms with Gasteiger partial charge in [-0.05, 0) is 53.4 Å². The summed E-state index contributed by atoms with van der Waals surface area (Å²) < 4.78 is 10.8. The average Bonchev–Trinajstić information content (AvgIpc) is 3.22. The van der Waals surface area contributed by atoms with E-state index in [1.807, 2.05) is 23.6 Å². The van der Waals surface area contributed by atoms with Gasteiger partial charge in [-0.2, -0.15) is 0 Å². The Labute approximate surface area is 170 Å². The second kappa shape index (κ2) is 8.59. The van der Waals surface area contributed by atoms with Crippen molar-refractivity contribution >= 4 is 42.1 Å². The first-order valence-electron chi connectivity index (χ1n) is 8.40. The maximum absolute atomic E-state index is 12.5. The van der Waals surface area contributed by atoms with Gasteiger partial charge < -0.3 is 26.2 Å². The van der Waals surface area contributed by atoms with Crippen molar-refractivity contribution in [3.8, 4) is 10.4 Å². The summed E-state index contributed by atoms with van der Waals surface area (Å²) in [6.45, 7) is 0. The number of carbonyl (C=O) groups excluding carboxylic acids is 2. The smallest absolute Gasteiger partial charge is 0.344 e. The molecule has 1 aromatic heterocycles. The second-order valence-corrected chi connectivity index (χ2v) is 8.73. The van der Waals surface area contributed by atoms with E-state index < -0.39 is 25.7 Å². The van der Waals surface area contributed by atoms with Crippen LogP contribution < -0.4 is 16.4 Å². The molecule has 1 heterocycles. The van der Waals surface area contributed by atoms with Gasteiger partial charge in [-0.15, -0.1) is 11.3 Å². The van der Waals surface area contributed by atoms with Gasteiger partial charge in [-0.3, -0.25) is 14.2 Å². The van der Waals surface area contributed by atoms with E-state index in [0.29, 0.717) is 16.9 Å². The lowest BCUT2D eigenvalue weighted by Gasteiger charge is -2.11. The largest absolute Gasteiger partial charge is 0.397 e. The second-order valence-electron chi connectivity index (χ2n) is 6.14. The van der Waals surface area contributed by atoms with E-state index in [-0.39, 0.29) is 5.56 Å². The van der Waals surface area contributed by atoms with Crippen molar-refractivity contribution in [3.05, 3.63) is 71.1 Å². The summed E-state index contributed by atoms with van der Waals surface area (Å²) in [5.41, 5.74) is 8.28. The zero-order valence-electron chi connectivity index (χ0n) is 15.0. The van der Waals surface area contributed by atoms with Crippen molar-refractivity contribution in [1.82, 2.24) is 5.32 Å². The van der Waals surface area contributed by atoms with Gasteiger partial charge in [0, 0.05) is 16.0 Å². The molecule has 0 saturated heterocycles. The van der Waals surface area contributed by atoms with Crippen LogP contribution in [0.2, 0.25) is 0 Å². The Bertz CT molecular complexity index is 1080. The molecule has 0 fully saturated rings. The minimum absolute atomic E-state index is 0.175. The molecule has 0 aliphatic heterocycles. The lowest BCUT2D eigenvalue weighted by atomic mass is 10.1. The molecule has 3 rings (SSSR count). The molecule has 0 aliphatic carbocycles. The molecule has 29 heavy (non-hydrogen) atoms. The first-order chi connectivity index (χ1) is 13.7. The predicted molar refractivity (Wildman–Crippen MR) is 113 cm³/mol. The van der Waals surface area contributed by atoms with Crippen molar-refractivity contribution in [3.63, 3.8) is 0 Å². The molecule has 0 atom stereocenters. The van der Waals surface area contributed by atoms with Crippen LogP contribution in [0.1, 0.15) is 20.7 Å². The Hall–Kier alpha value is -2.97. The summed E-state index contributed by atoms with van der Waals surface area (Å²) in [6, 6.07) is 15.0. The lowest BCUT2D eigenvalue weighted by molar-refractivity contribution is 0.0955. The van der Waals surface area contributed by atoms with Crippen LogP contribution in [-0.2, 0) is 4.57 Å². The normalized spacial score (nSPS) is 11.1. The fraction of sp³-hybridized carbons (Fsp3) is 0.0526. The third-order valence-electron chi connectivity index (χ3n) is 3.96. The van der Waals surface area contributed by atoms with Crippen molar-refractivity contribution < 1.29 is 23.9 Å². The highest BCUT2D eigenvalue weighted by Crippen LogP contribution is 2.32. The van der Waals surface area contributed by atoms with E-state index in [9.17, 15) is 14.2 Å². The van der Waals surface area contributed by atoms with Crippen LogP contribution in [0.5, 0.6) is 0 Å². The number of amides is 2. The fourth-order valence-corrected chi connectivity index (χ4v) is 3.58. The van der Waals surface area contributed by atoms with Crippen molar-refractivity contribution in [2.45, 2.75) is 0 Å². The number of thiophene rings is 1. The Kier molecular flexibility index (Phi) is 6.14. The number of benzene rings is 2. The Morgan fingerprint density at radius 2 is 1.66 bits per heavy atom. The van der Waals surface area contributed by atoms with Gasteiger partial charge >= 0.3 is 7.60 Å². The number of hydrogen-bond donors (Lipinski definition) is 5. The fourth-order valence-electron chi connectivity index (χ4n) is 2.50. The zero-order valence-corrected chi connectivity index (χ0v) is 16.7. The van der Waals surface area contributed by atoms with Gasteiger partial charge in [0.25, 0.3) is 11.8 Å². The SMILES string of the molecule is Nc1ccc(-c2cccs2)cc1NC(=O)c1ccc(C(=O)NCP(=O)(O)O)cc1. The van der Waals surface area contributed by atoms with Crippen molar-refractivity contribution in [2.75, 3.05) is 17.3 Å². The van der Waals surface area contributed by atoms with Crippen LogP contribution in [0.15, 0.2) is 60.0 Å².